The number of fused-ring (bicyclic) bond motifs is 3. The van der Waals surface area contributed by atoms with Gasteiger partial charge in [0.15, 0.2) is 0 Å². The third kappa shape index (κ3) is 5.42. The van der Waals surface area contributed by atoms with Gasteiger partial charge < -0.3 is 25.2 Å². The summed E-state index contributed by atoms with van der Waals surface area (Å²) >= 11 is 0. The first-order valence-corrected chi connectivity index (χ1v) is 20.9. The Bertz CT molecular complexity index is 1530. The molecule has 0 amide bonds. The lowest BCUT2D eigenvalue weighted by atomic mass is 9.34. The topological polar surface area (TPSA) is 116 Å². The van der Waals surface area contributed by atoms with E-state index in [4.69, 9.17) is 25.3 Å². The van der Waals surface area contributed by atoms with E-state index < -0.39 is 17.4 Å². The predicted molar refractivity (Wildman–Crippen MR) is 206 cm³/mol. The Morgan fingerprint density at radius 1 is 1.06 bits per heavy atom. The van der Waals surface area contributed by atoms with Crippen LogP contribution in [0.15, 0.2) is 18.0 Å². The van der Waals surface area contributed by atoms with Crippen LogP contribution in [0.3, 0.4) is 0 Å². The van der Waals surface area contributed by atoms with E-state index >= 15 is 0 Å². The van der Waals surface area contributed by atoms with Gasteiger partial charge in [0, 0.05) is 29.5 Å². The highest BCUT2D eigenvalue weighted by Crippen LogP contribution is 2.75. The first-order chi connectivity index (χ1) is 24.4. The first kappa shape index (κ1) is 38.3. The second kappa shape index (κ2) is 13.1. The Morgan fingerprint density at radius 3 is 2.42 bits per heavy atom. The molecule has 1 aromatic rings. The zero-order valence-electron chi connectivity index (χ0n) is 34.2. The van der Waals surface area contributed by atoms with Gasteiger partial charge in [-0.15, -0.1) is 0 Å². The number of nitrogens with zero attached hydrogens (tertiary/aromatic N) is 4. The van der Waals surface area contributed by atoms with Crippen molar-refractivity contribution in [1.29, 1.82) is 0 Å². The molecule has 9 heteroatoms. The number of hydrogen-bond acceptors (Lipinski definition) is 7. The fourth-order valence-electron chi connectivity index (χ4n) is 13.4. The maximum atomic E-state index is 13.6. The summed E-state index contributed by atoms with van der Waals surface area (Å²) in [7, 11) is 0. The van der Waals surface area contributed by atoms with Crippen molar-refractivity contribution < 1.29 is 19.4 Å². The van der Waals surface area contributed by atoms with E-state index in [1.165, 1.54) is 19.3 Å². The van der Waals surface area contributed by atoms with E-state index in [2.05, 4.69) is 84.9 Å². The molecule has 12 atom stereocenters. The average Bonchev–Trinajstić information content (AvgIpc) is 3.58. The molecule has 3 N–H and O–H groups in total. The number of aromatic nitrogens is 3. The summed E-state index contributed by atoms with van der Waals surface area (Å²) in [6.45, 7) is 26.7. The van der Waals surface area contributed by atoms with E-state index in [-0.39, 0.29) is 45.1 Å². The van der Waals surface area contributed by atoms with Crippen molar-refractivity contribution in [2.75, 3.05) is 37.8 Å². The van der Waals surface area contributed by atoms with E-state index in [0.717, 1.165) is 57.6 Å². The van der Waals surface area contributed by atoms with Crippen LogP contribution in [-0.4, -0.2) is 70.4 Å². The fourth-order valence-corrected chi connectivity index (χ4v) is 13.4. The van der Waals surface area contributed by atoms with Gasteiger partial charge in [-0.05, 0) is 111 Å². The molecule has 0 radical (unpaired) electrons. The number of carbonyl (C=O) groups is 1. The highest BCUT2D eigenvalue weighted by Gasteiger charge is 2.72. The van der Waals surface area contributed by atoms with Crippen molar-refractivity contribution in [3.05, 3.63) is 18.0 Å². The standard InChI is InChI=1S/C43H71N5O4/c1-27(2)29(5)38(6)18-19-40(8)30-14-15-33-39(7)23-51-25-43(33,31(30)16-17-41(40,9)34(38)36(49)50)22-32(35(39)52-24-42(10,44)28(3)4)48-37(45-26-46-48)47-20-12-11-13-21-47/h16,26-30,32-35H,11-15,17-25,44H2,1-10H3,(H,49,50)/t29-,30+,32-,33+,34-,35+,38-,39-,40-,41+,42+,43+/m1/s1. The van der Waals surface area contributed by atoms with Crippen LogP contribution in [0.25, 0.3) is 0 Å². The molecule has 1 aromatic heterocycles. The molecule has 52 heavy (non-hydrogen) atoms. The van der Waals surface area contributed by atoms with Crippen molar-refractivity contribution in [2.45, 2.75) is 145 Å². The van der Waals surface area contributed by atoms with Crippen molar-refractivity contribution in [3.63, 3.8) is 0 Å². The van der Waals surface area contributed by atoms with Gasteiger partial charge in [-0.3, -0.25) is 4.79 Å². The second-order valence-corrected chi connectivity index (χ2v) is 20.6. The van der Waals surface area contributed by atoms with Crippen molar-refractivity contribution in [1.82, 2.24) is 14.8 Å². The van der Waals surface area contributed by atoms with Crippen LogP contribution < -0.4 is 10.6 Å². The minimum atomic E-state index is -0.608. The monoisotopic (exact) mass is 722 g/mol. The zero-order valence-corrected chi connectivity index (χ0v) is 34.2. The summed E-state index contributed by atoms with van der Waals surface area (Å²) in [6.07, 6.45) is 13.6. The van der Waals surface area contributed by atoms with E-state index in [0.29, 0.717) is 43.5 Å². The Labute approximate surface area is 314 Å². The van der Waals surface area contributed by atoms with Crippen molar-refractivity contribution >= 4 is 11.9 Å². The van der Waals surface area contributed by atoms with E-state index in [1.807, 2.05) is 0 Å². The number of anilines is 1. The molecule has 9 nitrogen and oxygen atoms in total. The molecule has 292 valence electrons. The van der Waals surface area contributed by atoms with Gasteiger partial charge in [0.2, 0.25) is 5.95 Å². The van der Waals surface area contributed by atoms with Crippen LogP contribution in [0.1, 0.15) is 133 Å². The number of hydrogen-bond donors (Lipinski definition) is 2. The Hall–Kier alpha value is -1.97. The fraction of sp³-hybridized carbons (Fsp3) is 0.884. The quantitative estimate of drug-likeness (QED) is 0.246. The molecule has 0 aromatic carbocycles. The van der Waals surface area contributed by atoms with Crippen LogP contribution in [0, 0.1) is 62.6 Å². The maximum absolute atomic E-state index is 13.6. The Balaban J connectivity index is 1.33. The lowest BCUT2D eigenvalue weighted by molar-refractivity contribution is -0.252. The summed E-state index contributed by atoms with van der Waals surface area (Å²) in [4.78, 5) is 20.9. The number of allylic oxidation sites excluding steroid dienone is 1. The summed E-state index contributed by atoms with van der Waals surface area (Å²) in [6, 6.07) is -0.0263. The van der Waals surface area contributed by atoms with Gasteiger partial charge in [0.05, 0.1) is 37.9 Å². The molecule has 2 saturated heterocycles. The van der Waals surface area contributed by atoms with Gasteiger partial charge >= 0.3 is 5.97 Å². The van der Waals surface area contributed by atoms with Gasteiger partial charge in [0.25, 0.3) is 0 Å². The molecule has 7 rings (SSSR count). The number of rotatable bonds is 9. The maximum Gasteiger partial charge on any atom is 0.307 e. The number of carboxylic acids is 1. The molecule has 3 heterocycles. The second-order valence-electron chi connectivity index (χ2n) is 20.6. The molecule has 2 aliphatic heterocycles. The minimum Gasteiger partial charge on any atom is -0.481 e. The number of ether oxygens (including phenoxy) is 2. The lowest BCUT2D eigenvalue weighted by Gasteiger charge is -2.71. The molecule has 0 spiro atoms. The minimum absolute atomic E-state index is 0.0263. The van der Waals surface area contributed by atoms with Crippen LogP contribution in [-0.2, 0) is 14.3 Å². The van der Waals surface area contributed by atoms with Crippen LogP contribution >= 0.6 is 0 Å². The molecule has 5 fully saturated rings. The third-order valence-corrected chi connectivity index (χ3v) is 17.5. The normalized spacial score (nSPS) is 43.6. The molecule has 6 aliphatic rings. The highest BCUT2D eigenvalue weighted by atomic mass is 16.5. The van der Waals surface area contributed by atoms with Gasteiger partial charge in [0.1, 0.15) is 6.33 Å². The number of nitrogens with two attached hydrogens (primary N) is 1. The molecular formula is C43H71N5O4. The summed E-state index contributed by atoms with van der Waals surface area (Å²) in [5.41, 5.74) is 6.83. The Kier molecular flexibility index (Phi) is 9.63. The van der Waals surface area contributed by atoms with Gasteiger partial charge in [-0.1, -0.05) is 74.0 Å². The van der Waals surface area contributed by atoms with E-state index in [1.54, 1.807) is 11.9 Å². The van der Waals surface area contributed by atoms with Crippen molar-refractivity contribution in [2.24, 2.45) is 68.3 Å². The van der Waals surface area contributed by atoms with Crippen LogP contribution in [0.2, 0.25) is 0 Å². The summed E-state index contributed by atoms with van der Waals surface area (Å²) in [5, 5.41) is 16.2. The lowest BCUT2D eigenvalue weighted by Crippen LogP contribution is -2.69. The van der Waals surface area contributed by atoms with E-state index in [9.17, 15) is 9.90 Å². The van der Waals surface area contributed by atoms with Crippen LogP contribution in [0.4, 0.5) is 5.95 Å². The predicted octanol–water partition coefficient (Wildman–Crippen LogP) is 8.16. The third-order valence-electron chi connectivity index (χ3n) is 17.5. The summed E-state index contributed by atoms with van der Waals surface area (Å²) in [5.74, 6) is 1.69. The van der Waals surface area contributed by atoms with Gasteiger partial charge in [-0.25, -0.2) is 4.68 Å². The number of aliphatic carboxylic acids is 1. The molecular weight excluding hydrogens is 651 g/mol. The Morgan fingerprint density at radius 2 is 1.77 bits per heavy atom. The summed E-state index contributed by atoms with van der Waals surface area (Å²) < 4.78 is 16.2. The average molecular weight is 722 g/mol. The highest BCUT2D eigenvalue weighted by molar-refractivity contribution is 5.73. The van der Waals surface area contributed by atoms with Gasteiger partial charge in [-0.2, -0.15) is 10.1 Å². The van der Waals surface area contributed by atoms with Crippen LogP contribution in [0.5, 0.6) is 0 Å². The number of piperidine rings is 1. The SMILES string of the molecule is CC(C)[C@@H](C)[C@@]1(C)CC[C@]2(C)[C@H]3CC[C@@H]4[C@@]5(COC[C@@]4(C)[C@@H](OC[C@](C)(N)C(C)C)[C@H](n4ncnc4N4CCCCC4)C5)C3=CC[C@@]2(C)[C@@H]1C(=O)O. The molecule has 0 unspecified atom stereocenters. The largest absolute Gasteiger partial charge is 0.481 e. The zero-order chi connectivity index (χ0) is 37.6. The molecule has 3 saturated carbocycles. The smallest absolute Gasteiger partial charge is 0.307 e. The van der Waals surface area contributed by atoms with Crippen molar-refractivity contribution in [3.8, 4) is 0 Å². The molecule has 2 bridgehead atoms. The first-order valence-electron chi connectivity index (χ1n) is 20.9. The number of carboxylic acid groups (broad SMARTS) is 1. The molecule has 4 aliphatic carbocycles.